The minimum Gasteiger partial charge on any atom is -0.344 e. The molecule has 7 nitrogen and oxygen atoms in total. The Labute approximate surface area is 143 Å². The second-order valence-electron chi connectivity index (χ2n) is 5.97. The van der Waals surface area contributed by atoms with Crippen molar-refractivity contribution in [2.24, 2.45) is 0 Å². The van der Waals surface area contributed by atoms with E-state index in [1.807, 2.05) is 18.2 Å². The highest BCUT2D eigenvalue weighted by molar-refractivity contribution is 5.83. The van der Waals surface area contributed by atoms with Gasteiger partial charge in [-0.05, 0) is 18.7 Å². The smallest absolute Gasteiger partial charge is 0.317 e. The summed E-state index contributed by atoms with van der Waals surface area (Å²) in [5.74, 6) is -0.0912. The second kappa shape index (κ2) is 9.22. The molecule has 0 atom stereocenters. The molecule has 2 heterocycles. The van der Waals surface area contributed by atoms with Crippen molar-refractivity contribution in [3.8, 4) is 0 Å². The first-order valence-corrected chi connectivity index (χ1v) is 8.49. The van der Waals surface area contributed by atoms with E-state index in [0.717, 1.165) is 25.3 Å². The molecule has 0 bridgehead atoms. The summed E-state index contributed by atoms with van der Waals surface area (Å²) in [5.41, 5.74) is 0.954. The van der Waals surface area contributed by atoms with Gasteiger partial charge in [-0.1, -0.05) is 13.0 Å². The Kier molecular flexibility index (Phi) is 6.99. The van der Waals surface area contributed by atoms with E-state index in [4.69, 9.17) is 0 Å². The van der Waals surface area contributed by atoms with Crippen LogP contribution in [0.1, 0.15) is 12.6 Å². The van der Waals surface area contributed by atoms with E-state index < -0.39 is 0 Å². The summed E-state index contributed by atoms with van der Waals surface area (Å²) in [6.45, 7) is 6.95. The van der Waals surface area contributed by atoms with Crippen LogP contribution in [-0.2, 0) is 11.2 Å². The van der Waals surface area contributed by atoms with E-state index in [1.165, 1.54) is 0 Å². The molecule has 1 N–H and O–H groups in total. The maximum Gasteiger partial charge on any atom is 0.317 e. The van der Waals surface area contributed by atoms with Gasteiger partial charge in [0.25, 0.3) is 0 Å². The summed E-state index contributed by atoms with van der Waals surface area (Å²) in [7, 11) is 1.75. The molecule has 1 saturated heterocycles. The van der Waals surface area contributed by atoms with Crippen LogP contribution in [0.15, 0.2) is 24.4 Å². The van der Waals surface area contributed by atoms with Crippen LogP contribution >= 0.6 is 0 Å². The highest BCUT2D eigenvalue weighted by Crippen LogP contribution is 2.01. The van der Waals surface area contributed by atoms with Crippen LogP contribution in [0.3, 0.4) is 0 Å². The number of nitrogens with zero attached hydrogens (tertiary/aromatic N) is 4. The molecular formula is C17H27N5O2. The molecule has 7 heteroatoms. The van der Waals surface area contributed by atoms with Gasteiger partial charge in [0, 0.05) is 58.1 Å². The van der Waals surface area contributed by atoms with Gasteiger partial charge >= 0.3 is 6.03 Å². The molecule has 1 aliphatic rings. The van der Waals surface area contributed by atoms with Crippen molar-refractivity contribution < 1.29 is 9.59 Å². The standard InChI is InChI=1S/C17H27N5O2/c1-3-21-10-12-22(13-11-21)17(24)19-14-16(23)20(2)9-7-15-6-4-5-8-18-15/h4-6,8H,3,7,9-14H2,1-2H3,(H,19,24). The lowest BCUT2D eigenvalue weighted by molar-refractivity contribution is -0.128. The molecule has 0 unspecified atom stereocenters. The fraction of sp³-hybridized carbons (Fsp3) is 0.588. The first-order chi connectivity index (χ1) is 11.6. The molecule has 0 spiro atoms. The van der Waals surface area contributed by atoms with Gasteiger partial charge in [0.2, 0.25) is 5.91 Å². The highest BCUT2D eigenvalue weighted by atomic mass is 16.2. The molecule has 1 aliphatic heterocycles. The molecular weight excluding hydrogens is 306 g/mol. The van der Waals surface area contributed by atoms with Gasteiger partial charge in [0.15, 0.2) is 0 Å². The Bertz CT molecular complexity index is 529. The van der Waals surface area contributed by atoms with Crippen molar-refractivity contribution in [1.29, 1.82) is 0 Å². The Morgan fingerprint density at radius 1 is 1.25 bits per heavy atom. The molecule has 0 aliphatic carbocycles. The van der Waals surface area contributed by atoms with Crippen molar-refractivity contribution in [2.75, 3.05) is 52.9 Å². The van der Waals surface area contributed by atoms with Gasteiger partial charge in [-0.25, -0.2) is 4.79 Å². The monoisotopic (exact) mass is 333 g/mol. The van der Waals surface area contributed by atoms with Crippen molar-refractivity contribution in [1.82, 2.24) is 25.0 Å². The average molecular weight is 333 g/mol. The van der Waals surface area contributed by atoms with E-state index in [0.29, 0.717) is 26.1 Å². The SMILES string of the molecule is CCN1CCN(C(=O)NCC(=O)N(C)CCc2ccccn2)CC1. The predicted octanol–water partition coefficient (Wildman–Crippen LogP) is 0.430. The van der Waals surface area contributed by atoms with Gasteiger partial charge in [-0.2, -0.15) is 0 Å². The van der Waals surface area contributed by atoms with Crippen molar-refractivity contribution in [2.45, 2.75) is 13.3 Å². The number of carbonyl (C=O) groups excluding carboxylic acids is 2. The number of likely N-dealkylation sites (N-methyl/N-ethyl adjacent to an activating group) is 2. The summed E-state index contributed by atoms with van der Waals surface area (Å²) in [5, 5.41) is 2.73. The topological polar surface area (TPSA) is 68.8 Å². The summed E-state index contributed by atoms with van der Waals surface area (Å²) < 4.78 is 0. The summed E-state index contributed by atoms with van der Waals surface area (Å²) in [6.07, 6.45) is 2.45. The van der Waals surface area contributed by atoms with Gasteiger partial charge in [-0.3, -0.25) is 9.78 Å². The predicted molar refractivity (Wildman–Crippen MR) is 92.7 cm³/mol. The number of pyridine rings is 1. The Hall–Kier alpha value is -2.15. The largest absolute Gasteiger partial charge is 0.344 e. The fourth-order valence-electron chi connectivity index (χ4n) is 2.62. The minimum absolute atomic E-state index is 0.0333. The first kappa shape index (κ1) is 18.2. The van der Waals surface area contributed by atoms with Crippen LogP contribution in [0.2, 0.25) is 0 Å². The number of amides is 3. The van der Waals surface area contributed by atoms with E-state index in [2.05, 4.69) is 22.1 Å². The molecule has 2 rings (SSSR count). The van der Waals surface area contributed by atoms with Gasteiger partial charge in [0.1, 0.15) is 0 Å². The summed E-state index contributed by atoms with van der Waals surface area (Å²) in [6, 6.07) is 5.59. The third kappa shape index (κ3) is 5.49. The number of carbonyl (C=O) groups is 2. The molecule has 1 aromatic rings. The third-order valence-corrected chi connectivity index (χ3v) is 4.35. The number of piperazine rings is 1. The maximum absolute atomic E-state index is 12.1. The normalized spacial score (nSPS) is 15.2. The van der Waals surface area contributed by atoms with E-state index in [1.54, 1.807) is 23.0 Å². The number of hydrogen-bond donors (Lipinski definition) is 1. The average Bonchev–Trinajstić information content (AvgIpc) is 2.64. The molecule has 0 radical (unpaired) electrons. The molecule has 0 saturated carbocycles. The molecule has 1 fully saturated rings. The summed E-state index contributed by atoms with van der Waals surface area (Å²) in [4.78, 5) is 34.2. The first-order valence-electron chi connectivity index (χ1n) is 8.49. The molecule has 1 aromatic heterocycles. The van der Waals surface area contributed by atoms with Gasteiger partial charge in [0.05, 0.1) is 6.54 Å². The van der Waals surface area contributed by atoms with Crippen LogP contribution in [-0.4, -0.2) is 84.5 Å². The molecule has 24 heavy (non-hydrogen) atoms. The van der Waals surface area contributed by atoms with Crippen LogP contribution in [0.4, 0.5) is 4.79 Å². The van der Waals surface area contributed by atoms with Crippen LogP contribution < -0.4 is 5.32 Å². The number of rotatable bonds is 6. The minimum atomic E-state index is -0.155. The summed E-state index contributed by atoms with van der Waals surface area (Å²) >= 11 is 0. The lowest BCUT2D eigenvalue weighted by atomic mass is 10.2. The number of hydrogen-bond acceptors (Lipinski definition) is 4. The van der Waals surface area contributed by atoms with E-state index in [9.17, 15) is 9.59 Å². The number of urea groups is 1. The van der Waals surface area contributed by atoms with Gasteiger partial charge in [-0.15, -0.1) is 0 Å². The van der Waals surface area contributed by atoms with Gasteiger partial charge < -0.3 is 20.0 Å². The zero-order valence-electron chi connectivity index (χ0n) is 14.6. The Morgan fingerprint density at radius 2 is 2.00 bits per heavy atom. The van der Waals surface area contributed by atoms with Crippen molar-refractivity contribution >= 4 is 11.9 Å². The van der Waals surface area contributed by atoms with Crippen molar-refractivity contribution in [3.63, 3.8) is 0 Å². The van der Waals surface area contributed by atoms with Crippen LogP contribution in [0, 0.1) is 0 Å². The lowest BCUT2D eigenvalue weighted by Crippen LogP contribution is -2.52. The van der Waals surface area contributed by atoms with Crippen LogP contribution in [0.25, 0.3) is 0 Å². The zero-order chi connectivity index (χ0) is 17.4. The fourth-order valence-corrected chi connectivity index (χ4v) is 2.62. The highest BCUT2D eigenvalue weighted by Gasteiger charge is 2.20. The molecule has 132 valence electrons. The van der Waals surface area contributed by atoms with E-state index in [-0.39, 0.29) is 18.5 Å². The molecule has 3 amide bonds. The third-order valence-electron chi connectivity index (χ3n) is 4.35. The second-order valence-corrected chi connectivity index (χ2v) is 5.97. The number of nitrogens with one attached hydrogen (secondary N) is 1. The number of aromatic nitrogens is 1. The maximum atomic E-state index is 12.1. The Balaban J connectivity index is 1.67. The quantitative estimate of drug-likeness (QED) is 0.820. The van der Waals surface area contributed by atoms with Crippen LogP contribution in [0.5, 0.6) is 0 Å². The zero-order valence-corrected chi connectivity index (χ0v) is 14.6. The molecule has 0 aromatic carbocycles. The Morgan fingerprint density at radius 3 is 2.62 bits per heavy atom. The van der Waals surface area contributed by atoms with E-state index >= 15 is 0 Å². The van der Waals surface area contributed by atoms with Crippen molar-refractivity contribution in [3.05, 3.63) is 30.1 Å². The lowest BCUT2D eigenvalue weighted by Gasteiger charge is -2.34.